The lowest BCUT2D eigenvalue weighted by Gasteiger charge is -2.01. The van der Waals surface area contributed by atoms with Gasteiger partial charge in [0, 0.05) is 22.9 Å². The lowest BCUT2D eigenvalue weighted by atomic mass is 10.2. The van der Waals surface area contributed by atoms with Crippen LogP contribution in [0.5, 0.6) is 0 Å². The summed E-state index contributed by atoms with van der Waals surface area (Å²) in [6.07, 6.45) is 5.01. The van der Waals surface area contributed by atoms with Gasteiger partial charge in [-0.25, -0.2) is 4.98 Å². The van der Waals surface area contributed by atoms with Gasteiger partial charge in [0.2, 0.25) is 0 Å². The Labute approximate surface area is 97.4 Å². The van der Waals surface area contributed by atoms with Gasteiger partial charge in [-0.05, 0) is 12.1 Å². The molecule has 0 aliphatic heterocycles. The average Bonchev–Trinajstić information content (AvgIpc) is 2.31. The zero-order valence-corrected chi connectivity index (χ0v) is 9.24. The Bertz CT molecular complexity index is 481. The number of rotatable bonds is 3. The van der Waals surface area contributed by atoms with Crippen molar-refractivity contribution in [2.45, 2.75) is 9.92 Å². The van der Waals surface area contributed by atoms with Gasteiger partial charge in [0.25, 0.3) is 0 Å². The number of hydrogen-bond acceptors (Lipinski definition) is 4. The SMILES string of the molecule is N=C(N)c1ccc(Sc2cnccn2)cc1. The maximum absolute atomic E-state index is 7.28. The predicted molar refractivity (Wildman–Crippen MR) is 63.6 cm³/mol. The van der Waals surface area contributed by atoms with Crippen LogP contribution in [0.15, 0.2) is 52.8 Å². The first-order valence-electron chi connectivity index (χ1n) is 4.64. The van der Waals surface area contributed by atoms with Crippen LogP contribution in [-0.2, 0) is 0 Å². The maximum atomic E-state index is 7.28. The third-order valence-electron chi connectivity index (χ3n) is 1.93. The number of aromatic nitrogens is 2. The number of nitrogen functional groups attached to an aromatic ring is 1. The zero-order chi connectivity index (χ0) is 11.4. The van der Waals surface area contributed by atoms with E-state index in [4.69, 9.17) is 11.1 Å². The van der Waals surface area contributed by atoms with Crippen molar-refractivity contribution in [2.75, 3.05) is 0 Å². The normalized spacial score (nSPS) is 10.0. The molecule has 80 valence electrons. The molecule has 0 amide bonds. The van der Waals surface area contributed by atoms with Crippen molar-refractivity contribution in [2.24, 2.45) is 5.73 Å². The van der Waals surface area contributed by atoms with Gasteiger partial charge in [-0.3, -0.25) is 10.4 Å². The second-order valence-electron chi connectivity index (χ2n) is 3.08. The summed E-state index contributed by atoms with van der Waals surface area (Å²) in [5, 5.41) is 8.12. The fourth-order valence-corrected chi connectivity index (χ4v) is 1.90. The molecule has 2 aromatic rings. The highest BCUT2D eigenvalue weighted by Crippen LogP contribution is 2.24. The van der Waals surface area contributed by atoms with Gasteiger partial charge in [0.1, 0.15) is 10.9 Å². The van der Waals surface area contributed by atoms with Crippen LogP contribution in [0.2, 0.25) is 0 Å². The number of amidine groups is 1. The van der Waals surface area contributed by atoms with E-state index in [1.165, 1.54) is 11.8 Å². The summed E-state index contributed by atoms with van der Waals surface area (Å²) < 4.78 is 0. The molecule has 0 aliphatic carbocycles. The van der Waals surface area contributed by atoms with Crippen LogP contribution in [0.3, 0.4) is 0 Å². The van der Waals surface area contributed by atoms with E-state index in [2.05, 4.69) is 9.97 Å². The van der Waals surface area contributed by atoms with Crippen molar-refractivity contribution in [3.8, 4) is 0 Å². The van der Waals surface area contributed by atoms with E-state index in [-0.39, 0.29) is 5.84 Å². The largest absolute Gasteiger partial charge is 0.384 e. The van der Waals surface area contributed by atoms with Gasteiger partial charge in [-0.1, -0.05) is 23.9 Å². The number of nitrogens with two attached hydrogens (primary N) is 1. The van der Waals surface area contributed by atoms with Gasteiger partial charge >= 0.3 is 0 Å². The standard InChI is InChI=1S/C11H10N4S/c12-11(13)8-1-3-9(4-2-8)16-10-7-14-5-6-15-10/h1-7H,(H3,12,13). The molecular weight excluding hydrogens is 220 g/mol. The fraction of sp³-hybridized carbons (Fsp3) is 0. The quantitative estimate of drug-likeness (QED) is 0.624. The highest BCUT2D eigenvalue weighted by atomic mass is 32.2. The van der Waals surface area contributed by atoms with Crippen molar-refractivity contribution in [3.05, 3.63) is 48.4 Å². The van der Waals surface area contributed by atoms with Gasteiger partial charge in [0.05, 0.1) is 6.20 Å². The Morgan fingerprint density at radius 3 is 2.50 bits per heavy atom. The van der Waals surface area contributed by atoms with Crippen LogP contribution in [0.25, 0.3) is 0 Å². The summed E-state index contributed by atoms with van der Waals surface area (Å²) >= 11 is 1.52. The van der Waals surface area contributed by atoms with Gasteiger partial charge in [0.15, 0.2) is 0 Å². The Hall–Kier alpha value is -1.88. The Morgan fingerprint density at radius 1 is 1.19 bits per heavy atom. The predicted octanol–water partition coefficient (Wildman–Crippen LogP) is 1.91. The zero-order valence-electron chi connectivity index (χ0n) is 8.42. The van der Waals surface area contributed by atoms with E-state index in [1.54, 1.807) is 18.6 Å². The van der Waals surface area contributed by atoms with Crippen LogP contribution >= 0.6 is 11.8 Å². The number of nitrogens with zero attached hydrogens (tertiary/aromatic N) is 2. The summed E-state index contributed by atoms with van der Waals surface area (Å²) in [5.41, 5.74) is 6.10. The van der Waals surface area contributed by atoms with Crippen LogP contribution in [0.4, 0.5) is 0 Å². The maximum Gasteiger partial charge on any atom is 0.122 e. The minimum absolute atomic E-state index is 0.0797. The minimum Gasteiger partial charge on any atom is -0.384 e. The molecule has 16 heavy (non-hydrogen) atoms. The van der Waals surface area contributed by atoms with Crippen molar-refractivity contribution < 1.29 is 0 Å². The van der Waals surface area contributed by atoms with Gasteiger partial charge in [-0.15, -0.1) is 0 Å². The molecule has 1 aromatic carbocycles. The lowest BCUT2D eigenvalue weighted by molar-refractivity contribution is 1.05. The molecule has 0 aliphatic rings. The molecule has 4 nitrogen and oxygen atoms in total. The smallest absolute Gasteiger partial charge is 0.122 e. The highest BCUT2D eigenvalue weighted by Gasteiger charge is 2.00. The first kappa shape index (κ1) is 10.6. The molecule has 0 unspecified atom stereocenters. The third-order valence-corrected chi connectivity index (χ3v) is 2.86. The second-order valence-corrected chi connectivity index (χ2v) is 4.18. The van der Waals surface area contributed by atoms with Crippen LogP contribution < -0.4 is 5.73 Å². The van der Waals surface area contributed by atoms with Gasteiger partial charge in [-0.2, -0.15) is 0 Å². The van der Waals surface area contributed by atoms with E-state index in [1.807, 2.05) is 24.3 Å². The second kappa shape index (κ2) is 4.76. The molecule has 0 fully saturated rings. The fourth-order valence-electron chi connectivity index (χ4n) is 1.16. The van der Waals surface area contributed by atoms with E-state index in [9.17, 15) is 0 Å². The molecule has 5 heteroatoms. The van der Waals surface area contributed by atoms with Crippen molar-refractivity contribution in [1.82, 2.24) is 9.97 Å². The monoisotopic (exact) mass is 230 g/mol. The molecule has 0 radical (unpaired) electrons. The first-order valence-corrected chi connectivity index (χ1v) is 5.45. The van der Waals surface area contributed by atoms with E-state index in [0.717, 1.165) is 15.5 Å². The molecule has 0 spiro atoms. The topological polar surface area (TPSA) is 75.7 Å². The van der Waals surface area contributed by atoms with E-state index in [0.29, 0.717) is 0 Å². The van der Waals surface area contributed by atoms with Crippen LogP contribution in [-0.4, -0.2) is 15.8 Å². The van der Waals surface area contributed by atoms with E-state index >= 15 is 0 Å². The molecule has 0 atom stereocenters. The third kappa shape index (κ3) is 2.58. The molecule has 0 bridgehead atoms. The molecule has 3 N–H and O–H groups in total. The Kier molecular flexibility index (Phi) is 3.16. The average molecular weight is 230 g/mol. The minimum atomic E-state index is 0.0797. The molecule has 2 rings (SSSR count). The Morgan fingerprint density at radius 2 is 1.94 bits per heavy atom. The summed E-state index contributed by atoms with van der Waals surface area (Å²) in [6, 6.07) is 7.47. The summed E-state index contributed by atoms with van der Waals surface area (Å²) in [7, 11) is 0. The summed E-state index contributed by atoms with van der Waals surface area (Å²) in [5.74, 6) is 0.0797. The summed E-state index contributed by atoms with van der Waals surface area (Å²) in [6.45, 7) is 0. The Balaban J connectivity index is 2.14. The lowest BCUT2D eigenvalue weighted by Crippen LogP contribution is -2.10. The highest BCUT2D eigenvalue weighted by molar-refractivity contribution is 7.99. The van der Waals surface area contributed by atoms with E-state index < -0.39 is 0 Å². The first-order chi connectivity index (χ1) is 7.75. The molecule has 1 heterocycles. The van der Waals surface area contributed by atoms with Crippen LogP contribution in [0, 0.1) is 5.41 Å². The van der Waals surface area contributed by atoms with Crippen molar-refractivity contribution in [1.29, 1.82) is 5.41 Å². The number of nitrogens with one attached hydrogen (secondary N) is 1. The van der Waals surface area contributed by atoms with Gasteiger partial charge < -0.3 is 5.73 Å². The number of benzene rings is 1. The molecular formula is C11H10N4S. The van der Waals surface area contributed by atoms with Crippen LogP contribution in [0.1, 0.15) is 5.56 Å². The van der Waals surface area contributed by atoms with Crippen molar-refractivity contribution >= 4 is 17.6 Å². The summed E-state index contributed by atoms with van der Waals surface area (Å²) in [4.78, 5) is 9.20. The molecule has 0 saturated heterocycles. The molecule has 0 saturated carbocycles. The number of hydrogen-bond donors (Lipinski definition) is 2. The van der Waals surface area contributed by atoms with Crippen molar-refractivity contribution in [3.63, 3.8) is 0 Å². The molecule has 1 aromatic heterocycles.